The van der Waals surface area contributed by atoms with E-state index >= 15 is 0 Å². The summed E-state index contributed by atoms with van der Waals surface area (Å²) < 4.78 is 27.2. The van der Waals surface area contributed by atoms with Crippen LogP contribution in [0.1, 0.15) is 121 Å². The van der Waals surface area contributed by atoms with Crippen LogP contribution in [-0.4, -0.2) is 35.7 Å². The molecule has 0 radical (unpaired) electrons. The molecule has 0 bridgehead atoms. The largest absolute Gasteiger partial charge is 0.469 e. The highest BCUT2D eigenvalue weighted by Crippen LogP contribution is 2.36. The van der Waals surface area contributed by atoms with Gasteiger partial charge < -0.3 is 19.3 Å². The number of phosphoric acid groups is 1. The van der Waals surface area contributed by atoms with Crippen LogP contribution in [0.2, 0.25) is 5.02 Å². The van der Waals surface area contributed by atoms with Crippen molar-refractivity contribution in [3.63, 3.8) is 0 Å². The Morgan fingerprint density at radius 3 is 1.87 bits per heavy atom. The summed E-state index contributed by atoms with van der Waals surface area (Å²) in [6, 6.07) is 6.97. The van der Waals surface area contributed by atoms with Crippen molar-refractivity contribution in [2.75, 3.05) is 19.8 Å². The number of benzene rings is 1. The fourth-order valence-electron chi connectivity index (χ4n) is 4.24. The Morgan fingerprint density at radius 1 is 0.868 bits per heavy atom. The molecule has 38 heavy (non-hydrogen) atoms. The van der Waals surface area contributed by atoms with Gasteiger partial charge in [-0.15, -0.1) is 0 Å². The quantitative estimate of drug-likeness (QED) is 0.0891. The molecular formula is C29H49ClNO6P. The maximum Gasteiger partial charge on any atom is 0.469 e. The van der Waals surface area contributed by atoms with E-state index in [9.17, 15) is 4.57 Å². The van der Waals surface area contributed by atoms with Crippen LogP contribution in [-0.2, 0) is 25.2 Å². The second-order valence-corrected chi connectivity index (χ2v) is 11.7. The molecule has 2 N–H and O–H groups in total. The highest BCUT2D eigenvalue weighted by molar-refractivity contribution is 7.46. The number of halogens is 1. The minimum absolute atomic E-state index is 0.156. The van der Waals surface area contributed by atoms with Crippen molar-refractivity contribution in [3.8, 4) is 6.07 Å². The average molecular weight is 574 g/mol. The SMILES string of the molecule is CCCCCCCCCCCCCCCCCCOC[C@H](COP(=O)(O)O)OCc1ccc(C#N)c(Cl)c1. The molecule has 0 heterocycles. The molecule has 1 rings (SSSR count). The highest BCUT2D eigenvalue weighted by Gasteiger charge is 2.19. The molecule has 0 saturated heterocycles. The Hall–Kier alpha value is -0.970. The molecule has 0 aliphatic carbocycles. The molecule has 0 saturated carbocycles. The normalized spacial score (nSPS) is 12.5. The maximum absolute atomic E-state index is 11.1. The summed E-state index contributed by atoms with van der Waals surface area (Å²) in [6.07, 6.45) is 20.3. The van der Waals surface area contributed by atoms with Crippen molar-refractivity contribution < 1.29 is 28.3 Å². The zero-order valence-corrected chi connectivity index (χ0v) is 24.9. The molecular weight excluding hydrogens is 525 g/mol. The van der Waals surface area contributed by atoms with Gasteiger partial charge in [-0.25, -0.2) is 4.57 Å². The second kappa shape index (κ2) is 22.8. The minimum atomic E-state index is -4.60. The number of hydrogen-bond donors (Lipinski definition) is 2. The van der Waals surface area contributed by atoms with E-state index in [1.165, 1.54) is 89.9 Å². The lowest BCUT2D eigenvalue weighted by molar-refractivity contribution is -0.0493. The van der Waals surface area contributed by atoms with Crippen molar-refractivity contribution in [1.29, 1.82) is 5.26 Å². The number of nitrogens with zero attached hydrogens (tertiary/aromatic N) is 1. The van der Waals surface area contributed by atoms with Gasteiger partial charge in [-0.1, -0.05) is 121 Å². The maximum atomic E-state index is 11.1. The zero-order chi connectivity index (χ0) is 27.9. The average Bonchev–Trinajstić information content (AvgIpc) is 2.88. The van der Waals surface area contributed by atoms with Crippen molar-refractivity contribution in [2.24, 2.45) is 0 Å². The molecule has 9 heteroatoms. The first-order chi connectivity index (χ1) is 18.4. The molecule has 218 valence electrons. The van der Waals surface area contributed by atoms with Crippen molar-refractivity contribution in [1.82, 2.24) is 0 Å². The number of phosphoric ester groups is 1. The number of ether oxygens (including phenoxy) is 2. The van der Waals surface area contributed by atoms with Gasteiger partial charge in [0.15, 0.2) is 0 Å². The van der Waals surface area contributed by atoms with Crippen LogP contribution in [0.4, 0.5) is 0 Å². The predicted molar refractivity (Wildman–Crippen MR) is 153 cm³/mol. The van der Waals surface area contributed by atoms with Gasteiger partial charge in [0.05, 0.1) is 30.4 Å². The van der Waals surface area contributed by atoms with E-state index < -0.39 is 13.9 Å². The standard InChI is InChI=1S/C29H49ClNO6P/c1-2-3-4-5-6-7-8-9-10-11-12-13-14-15-16-17-20-35-24-28(25-37-38(32,33)34)36-23-26-18-19-27(22-31)29(30)21-26/h18-19,21,28H,2-17,20,23-25H2,1H3,(H2,32,33,34)/t28-/m1/s1. The summed E-state index contributed by atoms with van der Waals surface area (Å²) >= 11 is 6.05. The lowest BCUT2D eigenvalue weighted by Crippen LogP contribution is -2.25. The summed E-state index contributed by atoms with van der Waals surface area (Å²) in [7, 11) is -4.60. The van der Waals surface area contributed by atoms with E-state index in [0.29, 0.717) is 17.2 Å². The smallest absolute Gasteiger partial charge is 0.379 e. The molecule has 0 aliphatic heterocycles. The fourth-order valence-corrected chi connectivity index (χ4v) is 4.85. The summed E-state index contributed by atoms with van der Waals surface area (Å²) in [5.74, 6) is 0. The molecule has 0 aliphatic rings. The third-order valence-corrected chi connectivity index (χ3v) is 7.31. The van der Waals surface area contributed by atoms with Crippen LogP contribution in [0.3, 0.4) is 0 Å². The highest BCUT2D eigenvalue weighted by atomic mass is 35.5. The molecule has 0 unspecified atom stereocenters. The second-order valence-electron chi connectivity index (χ2n) is 10.0. The van der Waals surface area contributed by atoms with Crippen LogP contribution < -0.4 is 0 Å². The topological polar surface area (TPSA) is 109 Å². The Balaban J connectivity index is 2.08. The number of nitriles is 1. The summed E-state index contributed by atoms with van der Waals surface area (Å²) in [5.41, 5.74) is 1.12. The zero-order valence-electron chi connectivity index (χ0n) is 23.3. The van der Waals surface area contributed by atoms with Gasteiger partial charge in [0.2, 0.25) is 0 Å². The molecule has 1 atom stereocenters. The molecule has 0 aromatic heterocycles. The minimum Gasteiger partial charge on any atom is -0.379 e. The van der Waals surface area contributed by atoms with Crippen LogP contribution in [0.25, 0.3) is 0 Å². The first-order valence-corrected chi connectivity index (χ1v) is 16.3. The van der Waals surface area contributed by atoms with Gasteiger partial charge in [0.25, 0.3) is 0 Å². The number of hydrogen-bond acceptors (Lipinski definition) is 5. The Labute approximate surface area is 235 Å². The third-order valence-electron chi connectivity index (χ3n) is 6.51. The first-order valence-electron chi connectivity index (χ1n) is 14.4. The first kappa shape index (κ1) is 35.1. The van der Waals surface area contributed by atoms with Crippen molar-refractivity contribution >= 4 is 19.4 Å². The molecule has 1 aromatic rings. The van der Waals surface area contributed by atoms with Crippen LogP contribution in [0.5, 0.6) is 0 Å². The van der Waals surface area contributed by atoms with Gasteiger partial charge in [-0.05, 0) is 24.1 Å². The molecule has 7 nitrogen and oxygen atoms in total. The van der Waals surface area contributed by atoms with Crippen LogP contribution in [0.15, 0.2) is 18.2 Å². The van der Waals surface area contributed by atoms with E-state index in [1.54, 1.807) is 18.2 Å². The monoisotopic (exact) mass is 573 g/mol. The van der Waals surface area contributed by atoms with Crippen LogP contribution in [0, 0.1) is 11.3 Å². The van der Waals surface area contributed by atoms with Gasteiger partial charge in [0, 0.05) is 6.61 Å². The number of unbranched alkanes of at least 4 members (excludes halogenated alkanes) is 15. The lowest BCUT2D eigenvalue weighted by Gasteiger charge is -2.19. The van der Waals surface area contributed by atoms with Gasteiger partial charge in [-0.3, -0.25) is 4.52 Å². The summed E-state index contributed by atoms with van der Waals surface area (Å²) in [5, 5.41) is 9.31. The summed E-state index contributed by atoms with van der Waals surface area (Å²) in [6.45, 7) is 2.87. The van der Waals surface area contributed by atoms with Crippen molar-refractivity contribution in [3.05, 3.63) is 34.3 Å². The van der Waals surface area contributed by atoms with Gasteiger partial charge in [0.1, 0.15) is 12.2 Å². The molecule has 1 aromatic carbocycles. The van der Waals surface area contributed by atoms with Crippen LogP contribution >= 0.6 is 19.4 Å². The van der Waals surface area contributed by atoms with E-state index in [1.807, 2.05) is 6.07 Å². The van der Waals surface area contributed by atoms with Crippen molar-refractivity contribution in [2.45, 2.75) is 122 Å². The lowest BCUT2D eigenvalue weighted by atomic mass is 10.0. The number of rotatable bonds is 25. The molecule has 0 spiro atoms. The van der Waals surface area contributed by atoms with E-state index in [-0.39, 0.29) is 19.8 Å². The third kappa shape index (κ3) is 20.0. The Morgan fingerprint density at radius 2 is 1.39 bits per heavy atom. The van der Waals surface area contributed by atoms with Gasteiger partial charge in [-0.2, -0.15) is 5.26 Å². The summed E-state index contributed by atoms with van der Waals surface area (Å²) in [4.78, 5) is 18.0. The molecule has 0 fully saturated rings. The van der Waals surface area contributed by atoms with E-state index in [4.69, 9.17) is 36.1 Å². The van der Waals surface area contributed by atoms with E-state index in [0.717, 1.165) is 18.4 Å². The van der Waals surface area contributed by atoms with Gasteiger partial charge >= 0.3 is 7.82 Å². The Kier molecular flexibility index (Phi) is 21.0. The Bertz CT molecular complexity index is 813. The fraction of sp³-hybridized carbons (Fsp3) is 0.759. The van der Waals surface area contributed by atoms with E-state index in [2.05, 4.69) is 11.4 Å². The molecule has 0 amide bonds. The predicted octanol–water partition coefficient (Wildman–Crippen LogP) is 8.48.